The first-order valence-electron chi connectivity index (χ1n) is 12.0. The van der Waals surface area contributed by atoms with E-state index in [1.807, 2.05) is 43.3 Å². The molecular weight excluding hydrogens is 656 g/mol. The molecule has 1 aliphatic heterocycles. The van der Waals surface area contributed by atoms with Crippen molar-refractivity contribution in [1.29, 1.82) is 0 Å². The van der Waals surface area contributed by atoms with Gasteiger partial charge in [0, 0.05) is 50.2 Å². The van der Waals surface area contributed by atoms with Crippen LogP contribution in [0.1, 0.15) is 31.1 Å². The summed E-state index contributed by atoms with van der Waals surface area (Å²) < 4.78 is 19.5. The van der Waals surface area contributed by atoms with Crippen LogP contribution in [0.3, 0.4) is 0 Å². The summed E-state index contributed by atoms with van der Waals surface area (Å²) in [6.07, 6.45) is 0. The van der Waals surface area contributed by atoms with Crippen LogP contribution >= 0.6 is 47.3 Å². The molecule has 36 heavy (non-hydrogen) atoms. The maximum atomic E-state index is 13.0. The van der Waals surface area contributed by atoms with Gasteiger partial charge in [-0.15, -0.1) is 47.3 Å². The maximum absolute atomic E-state index is 13.0. The van der Waals surface area contributed by atoms with Gasteiger partial charge in [0.15, 0.2) is 0 Å². The Morgan fingerprint density at radius 2 is 1.42 bits per heavy atom. The molecule has 1 saturated heterocycles. The number of benzene rings is 3. The van der Waals surface area contributed by atoms with Gasteiger partial charge in [-0.1, -0.05) is 13.8 Å². The summed E-state index contributed by atoms with van der Waals surface area (Å²) in [5.74, 6) is -0.236. The minimum atomic E-state index is -0.335. The van der Waals surface area contributed by atoms with Crippen LogP contribution in [0.2, 0.25) is 0 Å². The average Bonchev–Trinajstić information content (AvgIpc) is 2.87. The molecule has 3 aromatic carbocycles. The number of phenols is 1. The van der Waals surface area contributed by atoms with E-state index in [2.05, 4.69) is 62.4 Å². The third-order valence-electron chi connectivity index (χ3n) is 5.42. The summed E-state index contributed by atoms with van der Waals surface area (Å²) >= 11 is 9.31. The summed E-state index contributed by atoms with van der Waals surface area (Å²) in [5.41, 5.74) is 4.20. The number of piperazine rings is 1. The first-order valence-corrected chi connectivity index (χ1v) is 14.1. The molecule has 3 aromatic rings. The van der Waals surface area contributed by atoms with Crippen LogP contribution in [0.25, 0.3) is 0 Å². The highest BCUT2D eigenvalue weighted by molar-refractivity contribution is 9.69. The number of rotatable bonds is 4. The zero-order valence-corrected chi connectivity index (χ0v) is 25.0. The molecule has 0 atom stereocenters. The number of hydrogen-bond donors (Lipinski definition) is 2. The Morgan fingerprint density at radius 1 is 0.944 bits per heavy atom. The monoisotopic (exact) mass is 684 g/mol. The average molecular weight is 687 g/mol. The number of phenolic OH excluding ortho intramolecular Hbond substituents is 1. The second-order valence-corrected chi connectivity index (χ2v) is 14.1. The number of nitrogens with zero attached hydrogens (tertiary/aromatic N) is 2. The summed E-state index contributed by atoms with van der Waals surface area (Å²) in [6, 6.07) is 19.0. The van der Waals surface area contributed by atoms with Crippen LogP contribution in [-0.4, -0.2) is 40.4 Å². The predicted octanol–water partition coefficient (Wildman–Crippen LogP) is 7.60. The molecule has 0 aliphatic carbocycles. The Bertz CT molecular complexity index is 1110. The second kappa shape index (κ2) is 15.3. The Balaban J connectivity index is 0.000000616. The van der Waals surface area contributed by atoms with Gasteiger partial charge in [-0.05, 0) is 79.2 Å². The highest BCUT2D eigenvalue weighted by atomic mass is 79.9. The molecule has 1 heterocycles. The van der Waals surface area contributed by atoms with Crippen molar-refractivity contribution in [3.05, 3.63) is 83.7 Å². The van der Waals surface area contributed by atoms with Crippen LogP contribution in [-0.2, 0) is 0 Å². The topological polar surface area (TPSA) is 55.8 Å². The molecule has 10 heteroatoms. The number of aryl methyl sites for hydroxylation is 1. The third-order valence-corrected chi connectivity index (χ3v) is 5.42. The van der Waals surface area contributed by atoms with E-state index in [4.69, 9.17) is 1.37 Å². The van der Waals surface area contributed by atoms with Gasteiger partial charge in [0.25, 0.3) is 5.91 Å². The number of hydrogen-bond acceptors (Lipinski definition) is 4. The quantitative estimate of drug-likeness (QED) is 0.278. The molecule has 0 spiro atoms. The van der Waals surface area contributed by atoms with E-state index in [0.29, 0.717) is 23.9 Å². The van der Waals surface area contributed by atoms with Crippen molar-refractivity contribution in [2.45, 2.75) is 20.7 Å². The number of halogens is 4. The first-order chi connectivity index (χ1) is 17.6. The maximum Gasteiger partial charge on any atom is 0.369 e. The van der Waals surface area contributed by atoms with Crippen molar-refractivity contribution < 1.29 is 15.7 Å². The Kier molecular flexibility index (Phi) is 12.1. The summed E-state index contributed by atoms with van der Waals surface area (Å²) in [6.45, 7) is 7.72. The highest BCUT2D eigenvalue weighted by Crippen LogP contribution is 2.25. The van der Waals surface area contributed by atoms with E-state index in [0.717, 1.165) is 43.1 Å². The lowest BCUT2D eigenvalue weighted by Gasteiger charge is -2.37. The summed E-state index contributed by atoms with van der Waals surface area (Å²) in [7, 11) is 0. The SMILES string of the molecule is BrB(Br)Br.Cc1cc(N2CCN(c3ccc(C(=O)Nc4ccc(F)cc4)cc3)CC2)ccc1O.[2H]CC. The molecule has 1 fully saturated rings. The van der Waals surface area contributed by atoms with E-state index < -0.39 is 0 Å². The van der Waals surface area contributed by atoms with E-state index in [1.54, 1.807) is 13.0 Å². The third kappa shape index (κ3) is 9.44. The van der Waals surface area contributed by atoms with Gasteiger partial charge in [-0.25, -0.2) is 4.39 Å². The van der Waals surface area contributed by atoms with Gasteiger partial charge in [0.2, 0.25) is 0 Å². The van der Waals surface area contributed by atoms with Crippen molar-refractivity contribution in [3.63, 3.8) is 0 Å². The number of carbonyl (C=O) groups excluding carboxylic acids is 1. The molecule has 0 bridgehead atoms. The zero-order valence-electron chi connectivity index (χ0n) is 21.2. The largest absolute Gasteiger partial charge is 0.508 e. The van der Waals surface area contributed by atoms with Gasteiger partial charge in [0.1, 0.15) is 11.6 Å². The number of aromatic hydroxyl groups is 1. The van der Waals surface area contributed by atoms with E-state index in [1.165, 1.54) is 24.3 Å². The Labute approximate surface area is 239 Å². The molecule has 2 N–H and O–H groups in total. The van der Waals surface area contributed by atoms with Crippen LogP contribution in [0.4, 0.5) is 21.5 Å². The molecular formula is C26H30BBr3FN3O2. The minimum Gasteiger partial charge on any atom is -0.508 e. The van der Waals surface area contributed by atoms with Crippen LogP contribution in [0.15, 0.2) is 66.7 Å². The van der Waals surface area contributed by atoms with Gasteiger partial charge in [0.05, 0.1) is 0 Å². The lowest BCUT2D eigenvalue weighted by atomic mass is 10.1. The lowest BCUT2D eigenvalue weighted by Crippen LogP contribution is -2.46. The molecule has 0 radical (unpaired) electrons. The van der Waals surface area contributed by atoms with Crippen molar-refractivity contribution in [2.75, 3.05) is 41.3 Å². The fraction of sp³-hybridized carbons (Fsp3) is 0.269. The van der Waals surface area contributed by atoms with Crippen molar-refractivity contribution in [3.8, 4) is 5.75 Å². The Morgan fingerprint density at radius 3 is 1.92 bits per heavy atom. The summed E-state index contributed by atoms with van der Waals surface area (Å²) in [4.78, 5) is 17.0. The second-order valence-electron chi connectivity index (χ2n) is 7.70. The standard InChI is InChI=1S/C24H24FN3O2.C2H6.BBr3/c1-17-16-22(10-11-23(17)29)28-14-12-27(13-15-28)21-8-2-18(3-9-21)24(30)26-20-6-4-19(25)5-7-20;1-2;2-1(3)4/h2-11,16,29H,12-15H2,1H3,(H,26,30);1-2H3;/i;1D;. The van der Waals surface area contributed by atoms with Gasteiger partial charge < -0.3 is 20.2 Å². The van der Waals surface area contributed by atoms with Gasteiger partial charge >= 0.3 is 3.18 Å². The van der Waals surface area contributed by atoms with Crippen LogP contribution in [0, 0.1) is 12.7 Å². The van der Waals surface area contributed by atoms with E-state index in [-0.39, 0.29) is 14.9 Å². The lowest BCUT2D eigenvalue weighted by molar-refractivity contribution is 0.102. The fourth-order valence-electron chi connectivity index (χ4n) is 3.62. The van der Waals surface area contributed by atoms with Gasteiger partial charge in [-0.2, -0.15) is 0 Å². The smallest absolute Gasteiger partial charge is 0.369 e. The van der Waals surface area contributed by atoms with Crippen LogP contribution in [0.5, 0.6) is 5.75 Å². The number of amides is 1. The number of carbonyl (C=O) groups is 1. The van der Waals surface area contributed by atoms with Crippen LogP contribution < -0.4 is 15.1 Å². The highest BCUT2D eigenvalue weighted by Gasteiger charge is 2.18. The van der Waals surface area contributed by atoms with Crippen molar-refractivity contribution >= 4 is 73.4 Å². The summed E-state index contributed by atoms with van der Waals surface area (Å²) in [5, 5.41) is 12.5. The molecule has 5 nitrogen and oxygen atoms in total. The van der Waals surface area contributed by atoms with Crippen molar-refractivity contribution in [2.24, 2.45) is 0 Å². The number of anilines is 3. The number of nitrogens with one attached hydrogen (secondary N) is 1. The fourth-order valence-corrected chi connectivity index (χ4v) is 3.62. The van der Waals surface area contributed by atoms with Crippen molar-refractivity contribution in [1.82, 2.24) is 0 Å². The first kappa shape index (κ1) is 28.5. The minimum absolute atomic E-state index is 0.222. The molecule has 0 unspecified atom stereocenters. The molecule has 0 aromatic heterocycles. The molecule has 4 rings (SSSR count). The molecule has 192 valence electrons. The normalized spacial score (nSPS) is 12.9. The van der Waals surface area contributed by atoms with Gasteiger partial charge in [-0.3, -0.25) is 4.79 Å². The predicted molar refractivity (Wildman–Crippen MR) is 162 cm³/mol. The molecule has 1 aliphatic rings. The Hall–Kier alpha value is -2.04. The molecule has 1 amide bonds. The molecule has 0 saturated carbocycles. The zero-order chi connectivity index (χ0) is 27.4. The van der Waals surface area contributed by atoms with E-state index in [9.17, 15) is 14.3 Å². The van der Waals surface area contributed by atoms with E-state index >= 15 is 0 Å².